The summed E-state index contributed by atoms with van der Waals surface area (Å²) in [5.74, 6) is 0.196. The minimum absolute atomic E-state index is 0.0811. The van der Waals surface area contributed by atoms with E-state index in [1.165, 1.54) is 18.5 Å². The maximum Gasteiger partial charge on any atom is 0.265 e. The standard InChI is InChI=1S/C15H16N2O3S/c1-10(20-11-3-5-12(21-2)6-4-11)15(19)17-13-7-8-16-9-14(13)18/h3-10,18H,1-2H3,(H,16,17,19). The monoisotopic (exact) mass is 304 g/mol. The molecule has 2 aromatic rings. The molecule has 5 nitrogen and oxygen atoms in total. The second-order valence-electron chi connectivity index (χ2n) is 4.32. The molecule has 0 aliphatic rings. The molecule has 0 fully saturated rings. The number of aromatic hydroxyl groups is 1. The molecule has 21 heavy (non-hydrogen) atoms. The van der Waals surface area contributed by atoms with E-state index < -0.39 is 6.10 Å². The average Bonchev–Trinajstić information content (AvgIpc) is 2.50. The largest absolute Gasteiger partial charge is 0.504 e. The van der Waals surface area contributed by atoms with Gasteiger partial charge in [-0.1, -0.05) is 0 Å². The van der Waals surface area contributed by atoms with Gasteiger partial charge in [-0.25, -0.2) is 0 Å². The molecular formula is C15H16N2O3S. The first kappa shape index (κ1) is 15.2. The van der Waals surface area contributed by atoms with Gasteiger partial charge < -0.3 is 15.2 Å². The molecule has 110 valence electrons. The lowest BCUT2D eigenvalue weighted by Gasteiger charge is -2.15. The maximum atomic E-state index is 12.0. The summed E-state index contributed by atoms with van der Waals surface area (Å²) in [4.78, 5) is 16.9. The number of aromatic nitrogens is 1. The van der Waals surface area contributed by atoms with Gasteiger partial charge in [0.15, 0.2) is 11.9 Å². The fourth-order valence-electron chi connectivity index (χ4n) is 1.64. The minimum Gasteiger partial charge on any atom is -0.504 e. The van der Waals surface area contributed by atoms with Crippen LogP contribution in [-0.4, -0.2) is 28.4 Å². The summed E-state index contributed by atoms with van der Waals surface area (Å²) >= 11 is 1.64. The van der Waals surface area contributed by atoms with E-state index >= 15 is 0 Å². The molecule has 0 saturated carbocycles. The third-order valence-corrected chi connectivity index (χ3v) is 3.54. The summed E-state index contributed by atoms with van der Waals surface area (Å²) in [6.45, 7) is 1.65. The van der Waals surface area contributed by atoms with E-state index in [1.807, 2.05) is 30.5 Å². The number of hydrogen-bond donors (Lipinski definition) is 2. The zero-order valence-electron chi connectivity index (χ0n) is 11.7. The molecule has 0 aliphatic heterocycles. The highest BCUT2D eigenvalue weighted by molar-refractivity contribution is 7.98. The SMILES string of the molecule is CSc1ccc(OC(C)C(=O)Nc2ccncc2O)cc1. The first-order valence-corrected chi connectivity index (χ1v) is 7.57. The third-order valence-electron chi connectivity index (χ3n) is 2.80. The number of nitrogens with zero attached hydrogens (tertiary/aromatic N) is 1. The zero-order valence-corrected chi connectivity index (χ0v) is 12.6. The molecule has 0 bridgehead atoms. The molecule has 0 spiro atoms. The van der Waals surface area contributed by atoms with Crippen molar-refractivity contribution in [3.63, 3.8) is 0 Å². The number of ether oxygens (including phenoxy) is 1. The van der Waals surface area contributed by atoms with E-state index in [1.54, 1.807) is 18.7 Å². The van der Waals surface area contributed by atoms with Crippen molar-refractivity contribution in [2.45, 2.75) is 17.9 Å². The Bertz CT molecular complexity index is 617. The Hall–Kier alpha value is -2.21. The van der Waals surface area contributed by atoms with Crippen LogP contribution < -0.4 is 10.1 Å². The Morgan fingerprint density at radius 1 is 1.33 bits per heavy atom. The number of hydrogen-bond acceptors (Lipinski definition) is 5. The summed E-state index contributed by atoms with van der Waals surface area (Å²) in [6, 6.07) is 9.02. The molecule has 1 aromatic heterocycles. The van der Waals surface area contributed by atoms with Crippen molar-refractivity contribution < 1.29 is 14.6 Å². The molecule has 1 amide bonds. The maximum absolute atomic E-state index is 12.0. The molecule has 2 rings (SSSR count). The summed E-state index contributed by atoms with van der Waals surface area (Å²) in [5, 5.41) is 12.2. The topological polar surface area (TPSA) is 71.5 Å². The van der Waals surface area contributed by atoms with E-state index in [0.29, 0.717) is 11.4 Å². The van der Waals surface area contributed by atoms with Crippen molar-refractivity contribution in [1.82, 2.24) is 4.98 Å². The van der Waals surface area contributed by atoms with Crippen molar-refractivity contribution >= 4 is 23.4 Å². The molecule has 0 radical (unpaired) electrons. The van der Waals surface area contributed by atoms with Gasteiger partial charge in [0, 0.05) is 11.1 Å². The summed E-state index contributed by atoms with van der Waals surface area (Å²) < 4.78 is 5.57. The lowest BCUT2D eigenvalue weighted by atomic mass is 10.3. The van der Waals surface area contributed by atoms with Crippen LogP contribution in [0.15, 0.2) is 47.6 Å². The van der Waals surface area contributed by atoms with Crippen LogP contribution in [0.3, 0.4) is 0 Å². The number of pyridine rings is 1. The fourth-order valence-corrected chi connectivity index (χ4v) is 2.05. The number of amides is 1. The first-order chi connectivity index (χ1) is 10.1. The second-order valence-corrected chi connectivity index (χ2v) is 5.20. The molecular weight excluding hydrogens is 288 g/mol. The summed E-state index contributed by atoms with van der Waals surface area (Å²) in [7, 11) is 0. The smallest absolute Gasteiger partial charge is 0.265 e. The van der Waals surface area contributed by atoms with Gasteiger partial charge >= 0.3 is 0 Å². The summed E-state index contributed by atoms with van der Waals surface area (Å²) in [6.07, 6.45) is 4.06. The van der Waals surface area contributed by atoms with Gasteiger partial charge in [0.25, 0.3) is 5.91 Å². The van der Waals surface area contributed by atoms with E-state index in [9.17, 15) is 9.90 Å². The highest BCUT2D eigenvalue weighted by Crippen LogP contribution is 2.22. The van der Waals surface area contributed by atoms with Gasteiger partial charge in [-0.05, 0) is 43.5 Å². The lowest BCUT2D eigenvalue weighted by Crippen LogP contribution is -2.30. The average molecular weight is 304 g/mol. The first-order valence-electron chi connectivity index (χ1n) is 6.34. The van der Waals surface area contributed by atoms with Gasteiger partial charge in [-0.3, -0.25) is 9.78 Å². The molecule has 0 saturated heterocycles. The van der Waals surface area contributed by atoms with E-state index in [0.717, 1.165) is 4.90 Å². The molecule has 1 unspecified atom stereocenters. The third kappa shape index (κ3) is 4.13. The quantitative estimate of drug-likeness (QED) is 0.831. The van der Waals surface area contributed by atoms with Gasteiger partial charge in [-0.2, -0.15) is 0 Å². The Morgan fingerprint density at radius 2 is 2.05 bits per heavy atom. The van der Waals surface area contributed by atoms with Gasteiger partial charge in [0.1, 0.15) is 5.75 Å². The van der Waals surface area contributed by atoms with Crippen molar-refractivity contribution in [1.29, 1.82) is 0 Å². The number of nitrogens with one attached hydrogen (secondary N) is 1. The molecule has 0 aliphatic carbocycles. The molecule has 1 aromatic carbocycles. The Balaban J connectivity index is 1.97. The number of benzene rings is 1. The van der Waals surface area contributed by atoms with E-state index in [-0.39, 0.29) is 11.7 Å². The van der Waals surface area contributed by atoms with Crippen molar-refractivity contribution in [2.75, 3.05) is 11.6 Å². The zero-order chi connectivity index (χ0) is 15.2. The lowest BCUT2D eigenvalue weighted by molar-refractivity contribution is -0.122. The van der Waals surface area contributed by atoms with Crippen LogP contribution >= 0.6 is 11.8 Å². The number of carbonyl (C=O) groups excluding carboxylic acids is 1. The summed E-state index contributed by atoms with van der Waals surface area (Å²) in [5.41, 5.74) is 0.309. The fraction of sp³-hybridized carbons (Fsp3) is 0.200. The number of rotatable bonds is 5. The predicted molar refractivity (Wildman–Crippen MR) is 82.8 cm³/mol. The minimum atomic E-state index is -0.683. The Morgan fingerprint density at radius 3 is 2.67 bits per heavy atom. The number of anilines is 1. The highest BCUT2D eigenvalue weighted by Gasteiger charge is 2.16. The highest BCUT2D eigenvalue weighted by atomic mass is 32.2. The van der Waals surface area contributed by atoms with Crippen molar-refractivity contribution in [3.05, 3.63) is 42.7 Å². The van der Waals surface area contributed by atoms with E-state index in [2.05, 4.69) is 10.3 Å². The van der Waals surface area contributed by atoms with Gasteiger partial charge in [0.05, 0.1) is 11.9 Å². The predicted octanol–water partition coefficient (Wildman–Crippen LogP) is 2.92. The Kier molecular flexibility index (Phi) is 5.05. The van der Waals surface area contributed by atoms with Gasteiger partial charge in [-0.15, -0.1) is 11.8 Å². The van der Waals surface area contributed by atoms with Crippen LogP contribution in [0.25, 0.3) is 0 Å². The van der Waals surface area contributed by atoms with Gasteiger partial charge in [0.2, 0.25) is 0 Å². The van der Waals surface area contributed by atoms with Crippen molar-refractivity contribution in [2.24, 2.45) is 0 Å². The van der Waals surface area contributed by atoms with Crippen LogP contribution in [0, 0.1) is 0 Å². The van der Waals surface area contributed by atoms with Crippen LogP contribution in [-0.2, 0) is 4.79 Å². The molecule has 1 heterocycles. The number of carbonyl (C=O) groups is 1. The molecule has 2 N–H and O–H groups in total. The van der Waals surface area contributed by atoms with Crippen LogP contribution in [0.2, 0.25) is 0 Å². The van der Waals surface area contributed by atoms with E-state index in [4.69, 9.17) is 4.74 Å². The molecule has 1 atom stereocenters. The molecule has 6 heteroatoms. The van der Waals surface area contributed by atoms with Crippen LogP contribution in [0.5, 0.6) is 11.5 Å². The Labute approximate surface area is 127 Å². The second kappa shape index (κ2) is 6.99. The van der Waals surface area contributed by atoms with Crippen LogP contribution in [0.4, 0.5) is 5.69 Å². The van der Waals surface area contributed by atoms with Crippen LogP contribution in [0.1, 0.15) is 6.92 Å². The van der Waals surface area contributed by atoms with Crippen molar-refractivity contribution in [3.8, 4) is 11.5 Å². The number of thioether (sulfide) groups is 1. The normalized spacial score (nSPS) is 11.7.